The molecule has 0 spiro atoms. The number of nitrogens with zero attached hydrogens (tertiary/aromatic N) is 1. The van der Waals surface area contributed by atoms with Crippen LogP contribution in [-0.4, -0.2) is 16.6 Å². The Morgan fingerprint density at radius 1 is 1.41 bits per heavy atom. The molecular formula is C13H12N2O2. The van der Waals surface area contributed by atoms with Crippen LogP contribution in [0.25, 0.3) is 11.3 Å². The van der Waals surface area contributed by atoms with Gasteiger partial charge in [-0.2, -0.15) is 0 Å². The van der Waals surface area contributed by atoms with Crippen LogP contribution in [-0.2, 0) is 6.42 Å². The Bertz CT molecular complexity index is 632. The first kappa shape index (κ1) is 10.1. The molecule has 0 amide bonds. The van der Waals surface area contributed by atoms with Crippen LogP contribution in [0.15, 0.2) is 29.2 Å². The van der Waals surface area contributed by atoms with E-state index in [2.05, 4.69) is 16.0 Å². The molecule has 0 aliphatic carbocycles. The fraction of sp³-hybridized carbons (Fsp3) is 0.231. The monoisotopic (exact) mass is 228 g/mol. The van der Waals surface area contributed by atoms with E-state index in [0.717, 1.165) is 29.0 Å². The summed E-state index contributed by atoms with van der Waals surface area (Å²) in [5.41, 5.74) is 3.54. The van der Waals surface area contributed by atoms with Gasteiger partial charge in [-0.25, -0.2) is 9.78 Å². The third-order valence-corrected chi connectivity index (χ3v) is 2.99. The smallest absolute Gasteiger partial charge is 0.345 e. The Morgan fingerprint density at radius 2 is 2.29 bits per heavy atom. The molecule has 1 aliphatic rings. The molecule has 1 aliphatic heterocycles. The zero-order chi connectivity index (χ0) is 11.8. The maximum atomic E-state index is 11.3. The minimum atomic E-state index is -0.332. The molecule has 1 aromatic heterocycles. The van der Waals surface area contributed by atoms with Crippen LogP contribution >= 0.6 is 0 Å². The highest BCUT2D eigenvalue weighted by atomic mass is 16.5. The van der Waals surface area contributed by atoms with Crippen molar-refractivity contribution in [1.29, 1.82) is 0 Å². The van der Waals surface area contributed by atoms with Crippen LogP contribution in [0.1, 0.15) is 11.1 Å². The molecule has 0 saturated carbocycles. The maximum absolute atomic E-state index is 11.3. The second-order valence-electron chi connectivity index (χ2n) is 4.14. The van der Waals surface area contributed by atoms with Gasteiger partial charge in [0.05, 0.1) is 12.3 Å². The Morgan fingerprint density at radius 3 is 3.18 bits per heavy atom. The molecule has 2 heterocycles. The number of ether oxygens (including phenoxy) is 1. The molecule has 0 fully saturated rings. The van der Waals surface area contributed by atoms with Gasteiger partial charge in [-0.3, -0.25) is 0 Å². The van der Waals surface area contributed by atoms with E-state index < -0.39 is 0 Å². The van der Waals surface area contributed by atoms with E-state index in [1.807, 2.05) is 19.1 Å². The van der Waals surface area contributed by atoms with Crippen molar-refractivity contribution in [3.05, 3.63) is 46.0 Å². The number of nitrogens with one attached hydrogen (secondary N) is 1. The number of aryl methyl sites for hydroxylation is 1. The summed E-state index contributed by atoms with van der Waals surface area (Å²) in [6.45, 7) is 2.63. The lowest BCUT2D eigenvalue weighted by Crippen LogP contribution is -2.11. The highest BCUT2D eigenvalue weighted by Gasteiger charge is 2.18. The van der Waals surface area contributed by atoms with E-state index in [4.69, 9.17) is 4.74 Å². The van der Waals surface area contributed by atoms with E-state index in [1.165, 1.54) is 5.56 Å². The van der Waals surface area contributed by atoms with Gasteiger partial charge in [0.15, 0.2) is 0 Å². The normalized spacial score (nSPS) is 13.2. The highest BCUT2D eigenvalue weighted by Crippen LogP contribution is 2.36. The summed E-state index contributed by atoms with van der Waals surface area (Å²) in [6, 6.07) is 6.00. The highest BCUT2D eigenvalue weighted by molar-refractivity contribution is 5.71. The largest absolute Gasteiger partial charge is 0.492 e. The van der Waals surface area contributed by atoms with Crippen molar-refractivity contribution in [1.82, 2.24) is 9.97 Å². The fourth-order valence-electron chi connectivity index (χ4n) is 2.15. The van der Waals surface area contributed by atoms with E-state index in [9.17, 15) is 4.79 Å². The molecule has 86 valence electrons. The van der Waals surface area contributed by atoms with Crippen molar-refractivity contribution in [2.45, 2.75) is 13.3 Å². The van der Waals surface area contributed by atoms with Crippen LogP contribution in [0.2, 0.25) is 0 Å². The Labute approximate surface area is 98.3 Å². The van der Waals surface area contributed by atoms with Gasteiger partial charge in [0.25, 0.3) is 0 Å². The Hall–Kier alpha value is -2.10. The molecular weight excluding hydrogens is 216 g/mol. The van der Waals surface area contributed by atoms with E-state index in [0.29, 0.717) is 6.61 Å². The quantitative estimate of drug-likeness (QED) is 0.808. The molecule has 0 unspecified atom stereocenters. The Balaban J connectivity index is 2.26. The molecule has 0 atom stereocenters. The van der Waals surface area contributed by atoms with Crippen molar-refractivity contribution < 1.29 is 4.74 Å². The molecule has 4 nitrogen and oxygen atoms in total. The van der Waals surface area contributed by atoms with Gasteiger partial charge in [-0.1, -0.05) is 12.1 Å². The van der Waals surface area contributed by atoms with Gasteiger partial charge in [-0.15, -0.1) is 0 Å². The van der Waals surface area contributed by atoms with Gasteiger partial charge in [-0.05, 0) is 24.1 Å². The molecule has 0 saturated heterocycles. The molecule has 0 radical (unpaired) electrons. The number of hydrogen-bond donors (Lipinski definition) is 1. The second-order valence-corrected chi connectivity index (χ2v) is 4.14. The summed E-state index contributed by atoms with van der Waals surface area (Å²) in [5.74, 6) is 0.887. The lowest BCUT2D eigenvalue weighted by molar-refractivity contribution is 0.358. The van der Waals surface area contributed by atoms with E-state index in [-0.39, 0.29) is 5.69 Å². The predicted molar refractivity (Wildman–Crippen MR) is 64.2 cm³/mol. The zero-order valence-electron chi connectivity index (χ0n) is 9.49. The van der Waals surface area contributed by atoms with Gasteiger partial charge in [0.1, 0.15) is 5.75 Å². The van der Waals surface area contributed by atoms with Crippen molar-refractivity contribution >= 4 is 0 Å². The van der Waals surface area contributed by atoms with Crippen LogP contribution in [0.4, 0.5) is 0 Å². The maximum Gasteiger partial charge on any atom is 0.345 e. The summed E-state index contributed by atoms with van der Waals surface area (Å²) < 4.78 is 5.64. The molecule has 17 heavy (non-hydrogen) atoms. The third kappa shape index (κ3) is 1.62. The summed E-state index contributed by atoms with van der Waals surface area (Å²) >= 11 is 0. The Kier molecular flexibility index (Phi) is 2.21. The predicted octanol–water partition coefficient (Wildman–Crippen LogP) is 1.68. The minimum Gasteiger partial charge on any atom is -0.492 e. The number of H-pyrrole nitrogens is 1. The van der Waals surface area contributed by atoms with Crippen LogP contribution in [0.5, 0.6) is 5.75 Å². The van der Waals surface area contributed by atoms with Crippen molar-refractivity contribution in [3.63, 3.8) is 0 Å². The van der Waals surface area contributed by atoms with E-state index in [1.54, 1.807) is 6.20 Å². The van der Waals surface area contributed by atoms with Gasteiger partial charge < -0.3 is 9.72 Å². The first-order valence-corrected chi connectivity index (χ1v) is 5.56. The third-order valence-electron chi connectivity index (χ3n) is 2.99. The average molecular weight is 228 g/mol. The summed E-state index contributed by atoms with van der Waals surface area (Å²) in [4.78, 5) is 17.8. The zero-order valence-corrected chi connectivity index (χ0v) is 9.49. The van der Waals surface area contributed by atoms with Gasteiger partial charge in [0.2, 0.25) is 0 Å². The number of rotatable bonds is 1. The number of hydrogen-bond acceptors (Lipinski definition) is 3. The van der Waals surface area contributed by atoms with Crippen molar-refractivity contribution in [2.24, 2.45) is 0 Å². The van der Waals surface area contributed by atoms with Crippen LogP contribution in [0.3, 0.4) is 0 Å². The number of para-hydroxylation sites is 1. The molecule has 1 N–H and O–H groups in total. The molecule has 0 bridgehead atoms. The van der Waals surface area contributed by atoms with Crippen LogP contribution in [0, 0.1) is 6.92 Å². The fourth-order valence-corrected chi connectivity index (χ4v) is 2.15. The SMILES string of the molecule is Cc1cnc(=O)[nH]c1-c1cccc2c1OCC2. The van der Waals surface area contributed by atoms with Gasteiger partial charge in [0, 0.05) is 18.2 Å². The molecule has 3 rings (SSSR count). The summed E-state index contributed by atoms with van der Waals surface area (Å²) in [6.07, 6.45) is 2.51. The van der Waals surface area contributed by atoms with Crippen molar-refractivity contribution in [3.8, 4) is 17.0 Å². The first-order valence-electron chi connectivity index (χ1n) is 5.56. The minimum absolute atomic E-state index is 0.332. The number of aromatic amines is 1. The van der Waals surface area contributed by atoms with E-state index >= 15 is 0 Å². The topological polar surface area (TPSA) is 55.0 Å². The standard InChI is InChI=1S/C13H12N2O2/c1-8-7-14-13(16)15-11(8)10-4-2-3-9-5-6-17-12(9)10/h2-4,7H,5-6H2,1H3,(H,14,15,16). The lowest BCUT2D eigenvalue weighted by atomic mass is 10.0. The molecule has 4 heteroatoms. The van der Waals surface area contributed by atoms with Gasteiger partial charge >= 0.3 is 5.69 Å². The summed E-state index contributed by atoms with van der Waals surface area (Å²) in [7, 11) is 0. The second kappa shape index (κ2) is 3.73. The number of benzene rings is 1. The number of fused-ring (bicyclic) bond motifs is 1. The molecule has 2 aromatic rings. The van der Waals surface area contributed by atoms with Crippen LogP contribution < -0.4 is 10.4 Å². The first-order chi connectivity index (χ1) is 8.25. The number of aromatic nitrogens is 2. The average Bonchev–Trinajstić information content (AvgIpc) is 2.80. The summed E-state index contributed by atoms with van der Waals surface area (Å²) in [5, 5.41) is 0. The lowest BCUT2D eigenvalue weighted by Gasteiger charge is -2.09. The molecule has 1 aromatic carbocycles. The van der Waals surface area contributed by atoms with Crippen molar-refractivity contribution in [2.75, 3.05) is 6.61 Å².